The molecule has 100 valence electrons. The van der Waals surface area contributed by atoms with Crippen LogP contribution >= 0.6 is 12.2 Å². The van der Waals surface area contributed by atoms with Gasteiger partial charge in [0.25, 0.3) is 0 Å². The van der Waals surface area contributed by atoms with Crippen LogP contribution in [0.25, 0.3) is 0 Å². The molecule has 0 heterocycles. The number of nitrogens with zero attached hydrogens (tertiary/aromatic N) is 1. The number of aliphatic hydroxyl groups excluding tert-OH is 1. The minimum Gasteiger partial charge on any atom is -0.395 e. The second-order valence-corrected chi connectivity index (χ2v) is 3.93. The molecule has 0 aliphatic carbocycles. The molecule has 0 bridgehead atoms. The number of hydrogen-bond donors (Lipinski definition) is 2. The van der Waals surface area contributed by atoms with Crippen molar-refractivity contribution in [2.24, 2.45) is 11.7 Å². The Kier molecular flexibility index (Phi) is 6.40. The molecule has 3 N–H and O–H groups in total. The topological polar surface area (TPSA) is 66.6 Å². The maximum atomic E-state index is 12.2. The van der Waals surface area contributed by atoms with Crippen LogP contribution in [-0.2, 0) is 4.79 Å². The minimum atomic E-state index is -4.51. The van der Waals surface area contributed by atoms with Gasteiger partial charge in [0, 0.05) is 6.54 Å². The molecule has 1 atom stereocenters. The second kappa shape index (κ2) is 6.75. The number of alkyl halides is 3. The summed E-state index contributed by atoms with van der Waals surface area (Å²) in [5.41, 5.74) is 5.29. The molecule has 0 fully saturated rings. The smallest absolute Gasteiger partial charge is 0.395 e. The number of hydrogen-bond acceptors (Lipinski definition) is 3. The summed E-state index contributed by atoms with van der Waals surface area (Å²) in [6.07, 6.45) is -4.28. The molecule has 0 aromatic heterocycles. The third-order valence-corrected chi connectivity index (χ3v) is 2.39. The van der Waals surface area contributed by atoms with Gasteiger partial charge in [-0.25, -0.2) is 0 Å². The molecule has 0 spiro atoms. The van der Waals surface area contributed by atoms with E-state index in [0.717, 1.165) is 0 Å². The molecule has 0 aliphatic rings. The predicted molar refractivity (Wildman–Crippen MR) is 60.3 cm³/mol. The second-order valence-electron chi connectivity index (χ2n) is 3.46. The number of halogens is 3. The fraction of sp³-hybridized carbons (Fsp3) is 0.778. The average molecular weight is 272 g/mol. The molecule has 4 nitrogen and oxygen atoms in total. The van der Waals surface area contributed by atoms with Gasteiger partial charge >= 0.3 is 6.18 Å². The molecular weight excluding hydrogens is 257 g/mol. The summed E-state index contributed by atoms with van der Waals surface area (Å²) in [5.74, 6) is -1.72. The van der Waals surface area contributed by atoms with Crippen LogP contribution in [0.5, 0.6) is 0 Å². The first-order valence-corrected chi connectivity index (χ1v) is 5.39. The first kappa shape index (κ1) is 16.1. The fourth-order valence-corrected chi connectivity index (χ4v) is 1.59. The Morgan fingerprint density at radius 1 is 1.53 bits per heavy atom. The van der Waals surface area contributed by atoms with Gasteiger partial charge in [0.05, 0.1) is 17.5 Å². The van der Waals surface area contributed by atoms with E-state index in [1.54, 1.807) is 6.92 Å². The van der Waals surface area contributed by atoms with Crippen molar-refractivity contribution in [2.75, 3.05) is 19.7 Å². The van der Waals surface area contributed by atoms with Crippen molar-refractivity contribution >= 4 is 23.1 Å². The quantitative estimate of drug-likeness (QED) is 0.698. The lowest BCUT2D eigenvalue weighted by molar-refractivity contribution is -0.163. The van der Waals surface area contributed by atoms with E-state index in [1.807, 2.05) is 0 Å². The van der Waals surface area contributed by atoms with Gasteiger partial charge in [0.15, 0.2) is 0 Å². The number of rotatable bonds is 6. The van der Waals surface area contributed by atoms with Crippen LogP contribution < -0.4 is 5.73 Å². The highest BCUT2D eigenvalue weighted by atomic mass is 32.1. The van der Waals surface area contributed by atoms with E-state index in [-0.39, 0.29) is 11.4 Å². The molecule has 1 amide bonds. The minimum absolute atomic E-state index is 0.136. The summed E-state index contributed by atoms with van der Waals surface area (Å²) >= 11 is 4.62. The maximum Gasteiger partial charge on any atom is 0.406 e. The van der Waals surface area contributed by atoms with Crippen LogP contribution in [0.1, 0.15) is 13.3 Å². The highest BCUT2D eigenvalue weighted by Crippen LogP contribution is 2.18. The summed E-state index contributed by atoms with van der Waals surface area (Å²) in [4.78, 5) is 12.1. The SMILES string of the molecule is CCC(C(=O)N(CCO)CC(F)(F)F)C(N)=S. The number of carbonyl (C=O) groups is 1. The Bertz CT molecular complexity index is 284. The highest BCUT2D eigenvalue weighted by Gasteiger charge is 2.35. The number of nitrogens with two attached hydrogens (primary N) is 1. The summed E-state index contributed by atoms with van der Waals surface area (Å²) in [6, 6.07) is 0. The number of thiocarbonyl (C=S) groups is 1. The molecule has 17 heavy (non-hydrogen) atoms. The lowest BCUT2D eigenvalue weighted by atomic mass is 10.1. The molecule has 0 aliphatic heterocycles. The normalized spacial score (nSPS) is 13.2. The Balaban J connectivity index is 4.80. The van der Waals surface area contributed by atoms with Crippen molar-refractivity contribution in [3.63, 3.8) is 0 Å². The van der Waals surface area contributed by atoms with E-state index in [0.29, 0.717) is 4.90 Å². The van der Waals surface area contributed by atoms with E-state index in [4.69, 9.17) is 10.8 Å². The van der Waals surface area contributed by atoms with Crippen molar-refractivity contribution < 1.29 is 23.1 Å². The van der Waals surface area contributed by atoms with Crippen LogP contribution in [0, 0.1) is 5.92 Å². The van der Waals surface area contributed by atoms with Crippen molar-refractivity contribution in [1.82, 2.24) is 4.90 Å². The lowest BCUT2D eigenvalue weighted by Crippen LogP contribution is -2.46. The third-order valence-electron chi connectivity index (χ3n) is 2.10. The van der Waals surface area contributed by atoms with Gasteiger partial charge in [0.1, 0.15) is 6.54 Å². The number of aliphatic hydroxyl groups is 1. The highest BCUT2D eigenvalue weighted by molar-refractivity contribution is 7.80. The van der Waals surface area contributed by atoms with E-state index >= 15 is 0 Å². The molecule has 0 rings (SSSR count). The van der Waals surface area contributed by atoms with Gasteiger partial charge in [-0.05, 0) is 6.42 Å². The van der Waals surface area contributed by atoms with Crippen molar-refractivity contribution in [1.29, 1.82) is 0 Å². The zero-order valence-corrected chi connectivity index (χ0v) is 10.1. The zero-order chi connectivity index (χ0) is 13.6. The van der Waals surface area contributed by atoms with E-state index in [1.165, 1.54) is 0 Å². The first-order chi connectivity index (χ1) is 7.72. The maximum absolute atomic E-state index is 12.2. The first-order valence-electron chi connectivity index (χ1n) is 4.98. The Labute approximate surface area is 103 Å². The van der Waals surface area contributed by atoms with E-state index < -0.39 is 37.7 Å². The number of amides is 1. The van der Waals surface area contributed by atoms with Crippen LogP contribution in [0.4, 0.5) is 13.2 Å². The monoisotopic (exact) mass is 272 g/mol. The largest absolute Gasteiger partial charge is 0.406 e. The third kappa shape index (κ3) is 5.83. The van der Waals surface area contributed by atoms with Crippen LogP contribution in [0.3, 0.4) is 0 Å². The summed E-state index contributed by atoms with van der Waals surface area (Å²) in [5, 5.41) is 8.65. The Morgan fingerprint density at radius 2 is 2.06 bits per heavy atom. The van der Waals surface area contributed by atoms with Gasteiger partial charge in [-0.15, -0.1) is 0 Å². The van der Waals surface area contributed by atoms with Crippen molar-refractivity contribution in [3.05, 3.63) is 0 Å². The Hall–Kier alpha value is -0.890. The molecular formula is C9H15F3N2O2S. The van der Waals surface area contributed by atoms with Crippen LogP contribution in [0.15, 0.2) is 0 Å². The molecule has 0 aromatic carbocycles. The van der Waals surface area contributed by atoms with Crippen LogP contribution in [-0.4, -0.2) is 46.8 Å². The van der Waals surface area contributed by atoms with Gasteiger partial charge in [0.2, 0.25) is 5.91 Å². The summed E-state index contributed by atoms with van der Waals surface area (Å²) in [7, 11) is 0. The van der Waals surface area contributed by atoms with Gasteiger partial charge < -0.3 is 15.7 Å². The fourth-order valence-electron chi connectivity index (χ4n) is 1.32. The lowest BCUT2D eigenvalue weighted by Gasteiger charge is -2.26. The predicted octanol–water partition coefficient (Wildman–Crippen LogP) is 0.682. The Morgan fingerprint density at radius 3 is 2.35 bits per heavy atom. The summed E-state index contributed by atoms with van der Waals surface area (Å²) < 4.78 is 36.7. The molecule has 0 saturated carbocycles. The zero-order valence-electron chi connectivity index (χ0n) is 9.33. The number of carbonyl (C=O) groups excluding carboxylic acids is 1. The molecule has 0 radical (unpaired) electrons. The van der Waals surface area contributed by atoms with E-state index in [9.17, 15) is 18.0 Å². The van der Waals surface area contributed by atoms with Crippen molar-refractivity contribution in [2.45, 2.75) is 19.5 Å². The molecule has 0 saturated heterocycles. The van der Waals surface area contributed by atoms with Crippen molar-refractivity contribution in [3.8, 4) is 0 Å². The molecule has 8 heteroatoms. The molecule has 0 aromatic rings. The van der Waals surface area contributed by atoms with Gasteiger partial charge in [-0.1, -0.05) is 19.1 Å². The van der Waals surface area contributed by atoms with Crippen LogP contribution in [0.2, 0.25) is 0 Å². The van der Waals surface area contributed by atoms with Gasteiger partial charge in [-0.2, -0.15) is 13.2 Å². The average Bonchev–Trinajstić information content (AvgIpc) is 2.15. The van der Waals surface area contributed by atoms with Gasteiger partial charge in [-0.3, -0.25) is 4.79 Å². The standard InChI is InChI=1S/C9H15F3N2O2S/c1-2-6(7(13)17)8(16)14(3-4-15)5-9(10,11)12/h6,15H,2-5H2,1H3,(H2,13,17). The summed E-state index contributed by atoms with van der Waals surface area (Å²) in [6.45, 7) is -0.745. The molecule has 1 unspecified atom stereocenters. The van der Waals surface area contributed by atoms with E-state index in [2.05, 4.69) is 12.2 Å².